The zero-order chi connectivity index (χ0) is 33.1. The number of nitrogens with one attached hydrogen (secondary N) is 5. The third-order valence-corrected chi connectivity index (χ3v) is 6.29. The average Bonchev–Trinajstić information content (AvgIpc) is 2.95. The van der Waals surface area contributed by atoms with Crippen molar-refractivity contribution in [1.29, 1.82) is 0 Å². The van der Waals surface area contributed by atoms with Gasteiger partial charge >= 0.3 is 5.97 Å². The number of aliphatic hydroxyl groups excluding tert-OH is 3. The summed E-state index contributed by atoms with van der Waals surface area (Å²) in [4.78, 5) is 74.9. The lowest BCUT2D eigenvalue weighted by Crippen LogP contribution is -2.63. The summed E-state index contributed by atoms with van der Waals surface area (Å²) in [5.74, 6) is -5.98. The van der Waals surface area contributed by atoms with Crippen molar-refractivity contribution in [3.8, 4) is 0 Å². The molecule has 0 heterocycles. The molecule has 0 aromatic rings. The van der Waals surface area contributed by atoms with Crippen LogP contribution in [0.2, 0.25) is 0 Å². The van der Waals surface area contributed by atoms with Crippen molar-refractivity contribution in [2.45, 2.75) is 94.8 Å². The van der Waals surface area contributed by atoms with Gasteiger partial charge in [-0.05, 0) is 65.5 Å². The van der Waals surface area contributed by atoms with E-state index < -0.39 is 91.1 Å². The molecule has 0 aromatic heterocycles. The highest BCUT2D eigenvalue weighted by Crippen LogP contribution is 2.06. The summed E-state index contributed by atoms with van der Waals surface area (Å²) in [6, 6.07) is -7.37. The number of rotatable bonds is 22. The van der Waals surface area contributed by atoms with Crippen LogP contribution in [0, 0.1) is 0 Å². The second-order valence-corrected chi connectivity index (χ2v) is 9.99. The fourth-order valence-electron chi connectivity index (χ4n) is 3.80. The van der Waals surface area contributed by atoms with Crippen molar-refractivity contribution in [1.82, 2.24) is 26.6 Å². The van der Waals surface area contributed by atoms with Crippen LogP contribution in [-0.2, 0) is 28.8 Å². The topological polar surface area (TPSA) is 322 Å². The minimum absolute atomic E-state index is 0.0133. The quantitative estimate of drug-likeness (QED) is 0.0503. The number of unbranched alkanes of at least 4 members (excludes halogenated alkanes) is 2. The van der Waals surface area contributed by atoms with Crippen LogP contribution in [0.1, 0.15) is 52.4 Å². The number of hydrogen-bond acceptors (Lipinski definition) is 12. The Hall–Kier alpha value is -3.42. The van der Waals surface area contributed by atoms with E-state index in [1.807, 2.05) is 0 Å². The predicted octanol–water partition coefficient (Wildman–Crippen LogP) is -5.53. The second-order valence-electron chi connectivity index (χ2n) is 9.99. The Morgan fingerprint density at radius 2 is 1.00 bits per heavy atom. The smallest absolute Gasteiger partial charge is 0.328 e. The number of aliphatic carboxylic acids is 1. The van der Waals surface area contributed by atoms with Crippen LogP contribution < -0.4 is 43.8 Å². The Morgan fingerprint density at radius 1 is 0.605 bits per heavy atom. The summed E-state index contributed by atoms with van der Waals surface area (Å²) in [5.41, 5.74) is 16.3. The van der Waals surface area contributed by atoms with Gasteiger partial charge in [0.25, 0.3) is 0 Å². The average molecular weight is 621 g/mol. The van der Waals surface area contributed by atoms with E-state index in [-0.39, 0.29) is 19.4 Å². The minimum atomic E-state index is -1.68. The van der Waals surface area contributed by atoms with Crippen LogP contribution in [-0.4, -0.2) is 125 Å². The van der Waals surface area contributed by atoms with E-state index in [0.717, 1.165) is 0 Å². The maximum Gasteiger partial charge on any atom is 0.328 e. The fourth-order valence-corrected chi connectivity index (χ4v) is 3.80. The lowest BCUT2D eigenvalue weighted by Gasteiger charge is -2.28. The molecule has 5 amide bonds. The number of carbonyl (C=O) groups excluding carboxylic acids is 5. The molecule has 0 bridgehead atoms. The number of aliphatic hydroxyl groups is 3. The SMILES string of the molecule is C[C@@H](O)[C@H](NC(=O)[C@H](CCCCN)NC(=O)CN)C(=O)N[C@H](C(=O)N[C@@H](CCCCN)C(=O)N[C@@H](CO)C(=O)O)[C@@H](C)O. The van der Waals surface area contributed by atoms with Gasteiger partial charge in [-0.1, -0.05) is 0 Å². The van der Waals surface area contributed by atoms with E-state index in [4.69, 9.17) is 22.3 Å². The standard InChI is InChI=1S/C25H48N8O10/c1-13(35)19(23(40)30-16(8-4-6-10-27)21(38)31-17(12-34)25(42)43)33-24(41)20(14(2)36)32-22(39)15(7-3-5-9-26)29-18(37)11-28/h13-17,19-20,34-36H,3-12,26-28H2,1-2H3,(H,29,37)(H,30,40)(H,31,38)(H,32,39)(H,33,41)(H,42,43)/t13-,14-,15+,16+,17+,19+,20+/m1/s1. The molecule has 248 valence electrons. The Kier molecular flexibility index (Phi) is 19.6. The molecule has 0 saturated heterocycles. The van der Waals surface area contributed by atoms with Crippen molar-refractivity contribution < 1.29 is 49.2 Å². The monoisotopic (exact) mass is 620 g/mol. The summed E-state index contributed by atoms with van der Waals surface area (Å²) in [7, 11) is 0. The maximum absolute atomic E-state index is 13.1. The number of carboxylic acid groups (broad SMARTS) is 1. The van der Waals surface area contributed by atoms with Crippen LogP contribution in [0.25, 0.3) is 0 Å². The van der Waals surface area contributed by atoms with Crippen molar-refractivity contribution >= 4 is 35.5 Å². The van der Waals surface area contributed by atoms with E-state index in [2.05, 4.69) is 26.6 Å². The van der Waals surface area contributed by atoms with Crippen LogP contribution in [0.3, 0.4) is 0 Å². The fraction of sp³-hybridized carbons (Fsp3) is 0.760. The van der Waals surface area contributed by atoms with Crippen LogP contribution >= 0.6 is 0 Å². The molecule has 0 aromatic carbocycles. The molecule has 0 radical (unpaired) electrons. The maximum atomic E-state index is 13.1. The van der Waals surface area contributed by atoms with Gasteiger partial charge in [0.05, 0.1) is 25.4 Å². The molecular formula is C25H48N8O10. The molecular weight excluding hydrogens is 572 g/mol. The van der Waals surface area contributed by atoms with Crippen LogP contribution in [0.4, 0.5) is 0 Å². The van der Waals surface area contributed by atoms with E-state index >= 15 is 0 Å². The van der Waals surface area contributed by atoms with Gasteiger partial charge in [-0.2, -0.15) is 0 Å². The molecule has 15 N–H and O–H groups in total. The highest BCUT2D eigenvalue weighted by atomic mass is 16.4. The van der Waals surface area contributed by atoms with Crippen molar-refractivity contribution in [3.63, 3.8) is 0 Å². The van der Waals surface area contributed by atoms with Gasteiger partial charge < -0.3 is 64.2 Å². The van der Waals surface area contributed by atoms with Gasteiger partial charge in [0.2, 0.25) is 29.5 Å². The Balaban J connectivity index is 5.80. The largest absolute Gasteiger partial charge is 0.480 e. The summed E-state index contributed by atoms with van der Waals surface area (Å²) in [5, 5.41) is 50.3. The number of hydrogen-bond donors (Lipinski definition) is 12. The van der Waals surface area contributed by atoms with Gasteiger partial charge in [-0.3, -0.25) is 24.0 Å². The second kappa shape index (κ2) is 21.3. The van der Waals surface area contributed by atoms with Gasteiger partial charge in [0, 0.05) is 0 Å². The summed E-state index contributed by atoms with van der Waals surface area (Å²) >= 11 is 0. The number of nitrogens with two attached hydrogens (primary N) is 3. The lowest BCUT2D eigenvalue weighted by atomic mass is 10.0. The zero-order valence-electron chi connectivity index (χ0n) is 24.6. The molecule has 18 nitrogen and oxygen atoms in total. The first-order chi connectivity index (χ1) is 20.2. The Bertz CT molecular complexity index is 920. The molecule has 43 heavy (non-hydrogen) atoms. The van der Waals surface area contributed by atoms with Crippen molar-refractivity contribution in [2.75, 3.05) is 26.2 Å². The highest BCUT2D eigenvalue weighted by Gasteiger charge is 2.35. The molecule has 0 aliphatic heterocycles. The van der Waals surface area contributed by atoms with E-state index in [9.17, 15) is 44.1 Å². The van der Waals surface area contributed by atoms with Gasteiger partial charge in [0.1, 0.15) is 30.2 Å². The number of carbonyl (C=O) groups is 6. The molecule has 0 aliphatic carbocycles. The van der Waals surface area contributed by atoms with Gasteiger partial charge in [0.15, 0.2) is 0 Å². The van der Waals surface area contributed by atoms with Gasteiger partial charge in [-0.25, -0.2) is 4.79 Å². The van der Waals surface area contributed by atoms with E-state index in [1.54, 1.807) is 0 Å². The first-order valence-electron chi connectivity index (χ1n) is 14.0. The predicted molar refractivity (Wildman–Crippen MR) is 153 cm³/mol. The summed E-state index contributed by atoms with van der Waals surface area (Å²) in [6.45, 7) is 1.69. The van der Waals surface area contributed by atoms with Gasteiger partial charge in [-0.15, -0.1) is 0 Å². The van der Waals surface area contributed by atoms with Crippen molar-refractivity contribution in [3.05, 3.63) is 0 Å². The molecule has 0 fully saturated rings. The zero-order valence-corrected chi connectivity index (χ0v) is 24.6. The van der Waals surface area contributed by atoms with Crippen LogP contribution in [0.15, 0.2) is 0 Å². The van der Waals surface area contributed by atoms with E-state index in [0.29, 0.717) is 32.2 Å². The number of amides is 5. The minimum Gasteiger partial charge on any atom is -0.480 e. The normalized spacial score (nSPS) is 15.9. The number of carboxylic acids is 1. The molecule has 0 aliphatic rings. The Labute approximate surface area is 249 Å². The highest BCUT2D eigenvalue weighted by molar-refractivity contribution is 5.96. The third-order valence-electron chi connectivity index (χ3n) is 6.29. The van der Waals surface area contributed by atoms with Crippen LogP contribution in [0.5, 0.6) is 0 Å². The third kappa shape index (κ3) is 15.0. The first-order valence-corrected chi connectivity index (χ1v) is 14.0. The molecule has 0 spiro atoms. The Morgan fingerprint density at radius 3 is 1.40 bits per heavy atom. The first kappa shape index (κ1) is 39.6. The lowest BCUT2D eigenvalue weighted by molar-refractivity contribution is -0.143. The molecule has 18 heteroatoms. The molecule has 0 unspecified atom stereocenters. The van der Waals surface area contributed by atoms with Crippen molar-refractivity contribution in [2.24, 2.45) is 17.2 Å². The molecule has 0 saturated carbocycles. The van der Waals surface area contributed by atoms with E-state index in [1.165, 1.54) is 13.8 Å². The molecule has 7 atom stereocenters. The summed E-state index contributed by atoms with van der Waals surface area (Å²) in [6.07, 6.45) is -1.02. The molecule has 0 rings (SSSR count). The summed E-state index contributed by atoms with van der Waals surface area (Å²) < 4.78 is 0.